The molecule has 0 bridgehead atoms. The molecule has 0 spiro atoms. The molecule has 0 saturated carbocycles. The summed E-state index contributed by atoms with van der Waals surface area (Å²) < 4.78 is 9.60. The van der Waals surface area contributed by atoms with E-state index >= 15 is 0 Å². The normalized spacial score (nSPS) is 23.2. The average Bonchev–Trinajstić information content (AvgIpc) is 2.17. The highest BCUT2D eigenvalue weighted by Crippen LogP contribution is 2.06. The van der Waals surface area contributed by atoms with Gasteiger partial charge in [0.05, 0.1) is 6.61 Å². The van der Waals surface area contributed by atoms with Crippen LogP contribution in [0.15, 0.2) is 0 Å². The molecule has 12 heavy (non-hydrogen) atoms. The summed E-state index contributed by atoms with van der Waals surface area (Å²) in [5, 5.41) is 0. The maximum absolute atomic E-state index is 11.0. The van der Waals surface area contributed by atoms with E-state index in [2.05, 4.69) is 0 Å². The van der Waals surface area contributed by atoms with Crippen LogP contribution in [0.5, 0.6) is 0 Å². The Morgan fingerprint density at radius 3 is 2.67 bits per heavy atom. The highest BCUT2D eigenvalue weighted by molar-refractivity contribution is 6.58. The van der Waals surface area contributed by atoms with Crippen molar-refractivity contribution in [3.05, 3.63) is 0 Å². The highest BCUT2D eigenvalue weighted by atomic mass is 16.7. The standard InChI is InChI=1S/C7H8O5/c8-3-5(9)7(10)6-1-2-11-4-12-6/h3,6H,1-2,4H2. The molecule has 1 unspecified atom stereocenters. The summed E-state index contributed by atoms with van der Waals surface area (Å²) >= 11 is 0. The first-order valence-electron chi connectivity index (χ1n) is 3.48. The Balaban J connectivity index is 2.50. The lowest BCUT2D eigenvalue weighted by Crippen LogP contribution is -2.36. The monoisotopic (exact) mass is 172 g/mol. The first-order chi connectivity index (χ1) is 5.75. The van der Waals surface area contributed by atoms with Crippen molar-refractivity contribution in [3.8, 4) is 0 Å². The Hall–Kier alpha value is -1.07. The summed E-state index contributed by atoms with van der Waals surface area (Å²) in [4.78, 5) is 31.5. The summed E-state index contributed by atoms with van der Waals surface area (Å²) in [5.41, 5.74) is 0. The molecule has 1 fully saturated rings. The van der Waals surface area contributed by atoms with Crippen molar-refractivity contribution in [2.24, 2.45) is 0 Å². The molecule has 66 valence electrons. The molecule has 1 aliphatic rings. The number of aldehydes is 1. The van der Waals surface area contributed by atoms with Gasteiger partial charge in [0.1, 0.15) is 12.9 Å². The van der Waals surface area contributed by atoms with Gasteiger partial charge in [-0.3, -0.25) is 14.4 Å². The number of carbonyl (C=O) groups excluding carboxylic acids is 3. The van der Waals surface area contributed by atoms with Crippen molar-refractivity contribution in [1.82, 2.24) is 0 Å². The van der Waals surface area contributed by atoms with Gasteiger partial charge in [-0.25, -0.2) is 0 Å². The predicted molar refractivity (Wildman–Crippen MR) is 36.4 cm³/mol. The summed E-state index contributed by atoms with van der Waals surface area (Å²) in [7, 11) is 0. The van der Waals surface area contributed by atoms with Crippen LogP contribution in [-0.2, 0) is 23.9 Å². The number of Topliss-reactive ketones (excluding diaryl/α,β-unsaturated/α-hetero) is 2. The van der Waals surface area contributed by atoms with Crippen molar-refractivity contribution >= 4 is 17.9 Å². The van der Waals surface area contributed by atoms with Gasteiger partial charge in [-0.1, -0.05) is 0 Å². The zero-order valence-corrected chi connectivity index (χ0v) is 6.32. The lowest BCUT2D eigenvalue weighted by molar-refractivity contribution is -0.165. The van der Waals surface area contributed by atoms with E-state index in [1.165, 1.54) is 0 Å². The van der Waals surface area contributed by atoms with Crippen LogP contribution in [-0.4, -0.2) is 37.4 Å². The van der Waals surface area contributed by atoms with Crippen molar-refractivity contribution in [2.45, 2.75) is 12.5 Å². The zero-order chi connectivity index (χ0) is 8.97. The molecular weight excluding hydrogens is 164 g/mol. The van der Waals surface area contributed by atoms with Crippen LogP contribution in [0.25, 0.3) is 0 Å². The lowest BCUT2D eigenvalue weighted by atomic mass is 10.1. The number of carbonyl (C=O) groups is 3. The second-order valence-electron chi connectivity index (χ2n) is 2.32. The van der Waals surface area contributed by atoms with Crippen molar-refractivity contribution in [2.75, 3.05) is 13.4 Å². The number of rotatable bonds is 3. The van der Waals surface area contributed by atoms with Crippen LogP contribution in [0.3, 0.4) is 0 Å². The van der Waals surface area contributed by atoms with E-state index in [1.807, 2.05) is 0 Å². The summed E-state index contributed by atoms with van der Waals surface area (Å²) in [6, 6.07) is 0. The molecule has 0 aromatic carbocycles. The van der Waals surface area contributed by atoms with Crippen LogP contribution < -0.4 is 0 Å². The first kappa shape index (κ1) is 9.02. The van der Waals surface area contributed by atoms with Gasteiger partial charge in [0.15, 0.2) is 6.29 Å². The molecule has 1 saturated heterocycles. The fraction of sp³-hybridized carbons (Fsp3) is 0.571. The second kappa shape index (κ2) is 4.08. The van der Waals surface area contributed by atoms with Gasteiger partial charge in [0, 0.05) is 6.42 Å². The molecule has 0 N–H and O–H groups in total. The van der Waals surface area contributed by atoms with Crippen molar-refractivity contribution in [3.63, 3.8) is 0 Å². The maximum Gasteiger partial charge on any atom is 0.263 e. The molecular formula is C7H8O5. The number of ether oxygens (including phenoxy) is 2. The molecule has 0 amide bonds. The molecule has 5 nitrogen and oxygen atoms in total. The largest absolute Gasteiger partial charge is 0.355 e. The SMILES string of the molecule is O=CC(=O)C(=O)C1CCOCO1. The van der Waals surface area contributed by atoms with Gasteiger partial charge < -0.3 is 9.47 Å². The Morgan fingerprint density at radius 2 is 2.17 bits per heavy atom. The third-order valence-corrected chi connectivity index (χ3v) is 1.52. The second-order valence-corrected chi connectivity index (χ2v) is 2.32. The fourth-order valence-electron chi connectivity index (χ4n) is 0.886. The van der Waals surface area contributed by atoms with Crippen LogP contribution >= 0.6 is 0 Å². The van der Waals surface area contributed by atoms with Gasteiger partial charge in [-0.05, 0) is 0 Å². The summed E-state index contributed by atoms with van der Waals surface area (Å²) in [6.07, 6.45) is -0.462. The van der Waals surface area contributed by atoms with Crippen LogP contribution in [0.1, 0.15) is 6.42 Å². The van der Waals surface area contributed by atoms with Crippen molar-refractivity contribution in [1.29, 1.82) is 0 Å². The van der Waals surface area contributed by atoms with Crippen LogP contribution in [0, 0.1) is 0 Å². The van der Waals surface area contributed by atoms with Crippen molar-refractivity contribution < 1.29 is 23.9 Å². The van der Waals surface area contributed by atoms with E-state index in [4.69, 9.17) is 9.47 Å². The molecule has 5 heteroatoms. The van der Waals surface area contributed by atoms with Gasteiger partial charge >= 0.3 is 0 Å². The maximum atomic E-state index is 11.0. The molecule has 1 heterocycles. The first-order valence-corrected chi connectivity index (χ1v) is 3.48. The van der Waals surface area contributed by atoms with E-state index < -0.39 is 17.7 Å². The molecule has 0 aliphatic carbocycles. The molecule has 1 rings (SSSR count). The molecule has 0 aromatic heterocycles. The summed E-state index contributed by atoms with van der Waals surface area (Å²) in [5.74, 6) is -1.82. The zero-order valence-electron chi connectivity index (χ0n) is 6.32. The molecule has 0 radical (unpaired) electrons. The lowest BCUT2D eigenvalue weighted by Gasteiger charge is -2.19. The van der Waals surface area contributed by atoms with Gasteiger partial charge in [0.25, 0.3) is 5.78 Å². The fourth-order valence-corrected chi connectivity index (χ4v) is 0.886. The third-order valence-electron chi connectivity index (χ3n) is 1.52. The molecule has 1 atom stereocenters. The van der Waals surface area contributed by atoms with Gasteiger partial charge in [-0.15, -0.1) is 0 Å². The quantitative estimate of drug-likeness (QED) is 0.313. The predicted octanol–water partition coefficient (Wildman–Crippen LogP) is -0.914. The Morgan fingerprint density at radius 1 is 1.42 bits per heavy atom. The smallest absolute Gasteiger partial charge is 0.263 e. The van der Waals surface area contributed by atoms with Crippen LogP contribution in [0.4, 0.5) is 0 Å². The van der Waals surface area contributed by atoms with E-state index in [-0.39, 0.29) is 13.1 Å². The van der Waals surface area contributed by atoms with E-state index in [0.717, 1.165) is 0 Å². The molecule has 0 aromatic rings. The number of hydrogen-bond acceptors (Lipinski definition) is 5. The minimum atomic E-state index is -1.04. The van der Waals surface area contributed by atoms with E-state index in [9.17, 15) is 14.4 Å². The summed E-state index contributed by atoms with van der Waals surface area (Å²) in [6.45, 7) is 0.380. The minimum Gasteiger partial charge on any atom is -0.355 e. The Labute approximate surface area is 68.6 Å². The average molecular weight is 172 g/mol. The highest BCUT2D eigenvalue weighted by Gasteiger charge is 2.27. The van der Waals surface area contributed by atoms with Crippen LogP contribution in [0.2, 0.25) is 0 Å². The Bertz CT molecular complexity index is 204. The van der Waals surface area contributed by atoms with E-state index in [0.29, 0.717) is 13.0 Å². The Kier molecular flexibility index (Phi) is 3.07. The third kappa shape index (κ3) is 1.96. The van der Waals surface area contributed by atoms with E-state index in [1.54, 1.807) is 0 Å². The molecule has 1 aliphatic heterocycles. The van der Waals surface area contributed by atoms with Gasteiger partial charge in [0.2, 0.25) is 5.78 Å². The number of hydrogen-bond donors (Lipinski definition) is 0. The van der Waals surface area contributed by atoms with Gasteiger partial charge in [-0.2, -0.15) is 0 Å². The minimum absolute atomic E-state index is 0.00115. The topological polar surface area (TPSA) is 69.7 Å². The number of ketones is 2.